The molecule has 5 nitrogen and oxygen atoms in total. The van der Waals surface area contributed by atoms with Crippen LogP contribution in [0.4, 0.5) is 0 Å². The Labute approximate surface area is 177 Å². The summed E-state index contributed by atoms with van der Waals surface area (Å²) >= 11 is 1.67. The quantitative estimate of drug-likeness (QED) is 0.360. The van der Waals surface area contributed by atoms with Crippen molar-refractivity contribution >= 4 is 41.3 Å². The average Bonchev–Trinajstić information content (AvgIpc) is 2.98. The summed E-state index contributed by atoms with van der Waals surface area (Å²) in [5.74, 6) is 1.79. The van der Waals surface area contributed by atoms with E-state index >= 15 is 0 Å². The molecule has 26 heavy (non-hydrogen) atoms. The van der Waals surface area contributed by atoms with E-state index in [0.29, 0.717) is 6.54 Å². The lowest BCUT2D eigenvalue weighted by Crippen LogP contribution is -2.39. The minimum absolute atomic E-state index is 0. The van der Waals surface area contributed by atoms with Gasteiger partial charge in [0.2, 0.25) is 0 Å². The van der Waals surface area contributed by atoms with Crippen molar-refractivity contribution in [3.8, 4) is 5.75 Å². The fourth-order valence-electron chi connectivity index (χ4n) is 2.43. The molecule has 1 atom stereocenters. The molecule has 0 radical (unpaired) electrons. The van der Waals surface area contributed by atoms with Gasteiger partial charge in [0.05, 0.1) is 23.8 Å². The molecule has 0 aliphatic heterocycles. The standard InChI is InChI=1S/C19H28N4OS.HI/c1-6-20-19(23(5)12-17-13-25-16(4)22-17)21-11-15(3)24-18-10-8-7-9-14(18)2;/h7-10,13,15H,6,11-12H2,1-5H3,(H,20,21);1H. The van der Waals surface area contributed by atoms with Crippen molar-refractivity contribution in [1.82, 2.24) is 15.2 Å². The van der Waals surface area contributed by atoms with Crippen molar-refractivity contribution in [2.45, 2.75) is 40.3 Å². The lowest BCUT2D eigenvalue weighted by atomic mass is 10.2. The molecule has 0 aliphatic rings. The van der Waals surface area contributed by atoms with Gasteiger partial charge in [-0.2, -0.15) is 0 Å². The van der Waals surface area contributed by atoms with Gasteiger partial charge in [-0.05, 0) is 39.3 Å². The number of thiazole rings is 1. The van der Waals surface area contributed by atoms with E-state index in [9.17, 15) is 0 Å². The Balaban J connectivity index is 0.00000338. The Bertz CT molecular complexity index is 704. The summed E-state index contributed by atoms with van der Waals surface area (Å²) in [7, 11) is 2.03. The average molecular weight is 488 g/mol. The van der Waals surface area contributed by atoms with Gasteiger partial charge in [0.15, 0.2) is 5.96 Å². The summed E-state index contributed by atoms with van der Waals surface area (Å²) in [5.41, 5.74) is 2.21. The summed E-state index contributed by atoms with van der Waals surface area (Å²) in [6, 6.07) is 8.06. The molecule has 2 rings (SSSR count). The van der Waals surface area contributed by atoms with E-state index in [4.69, 9.17) is 9.73 Å². The molecule has 1 unspecified atom stereocenters. The maximum Gasteiger partial charge on any atom is 0.194 e. The second-order valence-electron chi connectivity index (χ2n) is 6.10. The third-order valence-electron chi connectivity index (χ3n) is 3.68. The number of aliphatic imine (C=N–C) groups is 1. The molecular formula is C19H29IN4OS. The van der Waals surface area contributed by atoms with Crippen molar-refractivity contribution < 1.29 is 4.74 Å². The molecule has 2 aromatic rings. The zero-order valence-corrected chi connectivity index (χ0v) is 19.3. The molecule has 0 saturated carbocycles. The van der Waals surface area contributed by atoms with Crippen molar-refractivity contribution in [3.05, 3.63) is 45.9 Å². The Kier molecular flexibility index (Phi) is 9.93. The second kappa shape index (κ2) is 11.4. The van der Waals surface area contributed by atoms with E-state index in [1.165, 1.54) is 0 Å². The van der Waals surface area contributed by atoms with Gasteiger partial charge in [-0.1, -0.05) is 18.2 Å². The number of hydrogen-bond acceptors (Lipinski definition) is 4. The first kappa shape index (κ1) is 22.7. The zero-order valence-electron chi connectivity index (χ0n) is 16.2. The van der Waals surface area contributed by atoms with Gasteiger partial charge >= 0.3 is 0 Å². The van der Waals surface area contributed by atoms with Crippen molar-refractivity contribution in [3.63, 3.8) is 0 Å². The number of aryl methyl sites for hydroxylation is 2. The van der Waals surface area contributed by atoms with Crippen LogP contribution >= 0.6 is 35.3 Å². The highest BCUT2D eigenvalue weighted by Crippen LogP contribution is 2.17. The predicted molar refractivity (Wildman–Crippen MR) is 121 cm³/mol. The summed E-state index contributed by atoms with van der Waals surface area (Å²) in [4.78, 5) is 11.3. The van der Waals surface area contributed by atoms with Crippen LogP contribution in [0.2, 0.25) is 0 Å². The van der Waals surface area contributed by atoms with Gasteiger partial charge in [0, 0.05) is 19.0 Å². The van der Waals surface area contributed by atoms with Crippen LogP contribution in [0.1, 0.15) is 30.1 Å². The zero-order chi connectivity index (χ0) is 18.2. The molecular weight excluding hydrogens is 459 g/mol. The van der Waals surface area contributed by atoms with Gasteiger partial charge in [0.1, 0.15) is 11.9 Å². The minimum atomic E-state index is 0. The van der Waals surface area contributed by atoms with Crippen LogP contribution in [0, 0.1) is 13.8 Å². The monoisotopic (exact) mass is 488 g/mol. The second-order valence-corrected chi connectivity index (χ2v) is 7.16. The topological polar surface area (TPSA) is 49.8 Å². The van der Waals surface area contributed by atoms with E-state index in [1.807, 2.05) is 39.1 Å². The van der Waals surface area contributed by atoms with Gasteiger partial charge in [-0.15, -0.1) is 35.3 Å². The molecule has 1 heterocycles. The first-order valence-corrected chi connectivity index (χ1v) is 9.50. The van der Waals surface area contributed by atoms with E-state index < -0.39 is 0 Å². The van der Waals surface area contributed by atoms with E-state index in [0.717, 1.165) is 41.1 Å². The van der Waals surface area contributed by atoms with E-state index in [-0.39, 0.29) is 30.1 Å². The summed E-state index contributed by atoms with van der Waals surface area (Å²) in [6.07, 6.45) is 0.00433. The third-order valence-corrected chi connectivity index (χ3v) is 4.50. The highest BCUT2D eigenvalue weighted by atomic mass is 127. The highest BCUT2D eigenvalue weighted by molar-refractivity contribution is 14.0. The number of guanidine groups is 1. The van der Waals surface area contributed by atoms with Crippen molar-refractivity contribution in [2.75, 3.05) is 20.1 Å². The van der Waals surface area contributed by atoms with Crippen molar-refractivity contribution in [1.29, 1.82) is 0 Å². The number of ether oxygens (including phenoxy) is 1. The van der Waals surface area contributed by atoms with Crippen LogP contribution in [0.5, 0.6) is 5.75 Å². The van der Waals surface area contributed by atoms with Crippen LogP contribution in [-0.2, 0) is 6.54 Å². The number of rotatable bonds is 7. The summed E-state index contributed by atoms with van der Waals surface area (Å²) < 4.78 is 6.01. The molecule has 0 bridgehead atoms. The molecule has 0 fully saturated rings. The smallest absolute Gasteiger partial charge is 0.194 e. The van der Waals surface area contributed by atoms with Crippen LogP contribution in [0.3, 0.4) is 0 Å². The van der Waals surface area contributed by atoms with Crippen LogP contribution < -0.4 is 10.1 Å². The molecule has 144 valence electrons. The number of nitrogens with one attached hydrogen (secondary N) is 1. The third kappa shape index (κ3) is 7.11. The molecule has 1 aromatic carbocycles. The van der Waals surface area contributed by atoms with Crippen LogP contribution in [-0.4, -0.2) is 42.1 Å². The highest BCUT2D eigenvalue weighted by Gasteiger charge is 2.10. The van der Waals surface area contributed by atoms with Crippen molar-refractivity contribution in [2.24, 2.45) is 4.99 Å². The fraction of sp³-hybridized carbons (Fsp3) is 0.474. The number of halogens is 1. The van der Waals surface area contributed by atoms with E-state index in [2.05, 4.69) is 40.5 Å². The summed E-state index contributed by atoms with van der Waals surface area (Å²) in [5, 5.41) is 6.52. The number of para-hydroxylation sites is 1. The molecule has 1 aromatic heterocycles. The van der Waals surface area contributed by atoms with Gasteiger partial charge in [0.25, 0.3) is 0 Å². The van der Waals surface area contributed by atoms with Gasteiger partial charge in [-0.25, -0.2) is 9.98 Å². The lowest BCUT2D eigenvalue weighted by Gasteiger charge is -2.22. The van der Waals surface area contributed by atoms with Gasteiger partial charge < -0.3 is 15.0 Å². The lowest BCUT2D eigenvalue weighted by molar-refractivity contribution is 0.228. The normalized spacial score (nSPS) is 12.3. The largest absolute Gasteiger partial charge is 0.489 e. The number of hydrogen-bond donors (Lipinski definition) is 1. The van der Waals surface area contributed by atoms with Gasteiger partial charge in [-0.3, -0.25) is 0 Å². The number of nitrogens with zero attached hydrogens (tertiary/aromatic N) is 3. The Hall–Kier alpha value is -1.35. The summed E-state index contributed by atoms with van der Waals surface area (Å²) in [6.45, 7) is 10.4. The molecule has 0 saturated heterocycles. The maximum absolute atomic E-state index is 6.01. The Morgan fingerprint density at radius 2 is 2.08 bits per heavy atom. The molecule has 0 amide bonds. The maximum atomic E-state index is 6.01. The molecule has 7 heteroatoms. The Morgan fingerprint density at radius 3 is 2.69 bits per heavy atom. The van der Waals surface area contributed by atoms with Crippen LogP contribution in [0.25, 0.3) is 0 Å². The minimum Gasteiger partial charge on any atom is -0.489 e. The van der Waals surface area contributed by atoms with Crippen LogP contribution in [0.15, 0.2) is 34.6 Å². The predicted octanol–water partition coefficient (Wildman–Crippen LogP) is 4.24. The number of aromatic nitrogens is 1. The Morgan fingerprint density at radius 1 is 1.35 bits per heavy atom. The SMILES string of the molecule is CCNC(=NCC(C)Oc1ccccc1C)N(C)Cc1csc(C)n1.I. The molecule has 0 spiro atoms. The first-order valence-electron chi connectivity index (χ1n) is 8.62. The van der Waals surface area contributed by atoms with E-state index in [1.54, 1.807) is 11.3 Å². The molecule has 0 aliphatic carbocycles. The first-order chi connectivity index (χ1) is 12.0. The number of benzene rings is 1. The fourth-order valence-corrected chi connectivity index (χ4v) is 3.03. The molecule has 1 N–H and O–H groups in total.